The van der Waals surface area contributed by atoms with Crippen LogP contribution in [-0.4, -0.2) is 32.0 Å². The molecule has 0 saturated carbocycles. The fraction of sp³-hybridized carbons (Fsp3) is 0.400. The molecule has 0 spiro atoms. The number of nitrogens with one attached hydrogen (secondary N) is 1. The van der Waals surface area contributed by atoms with Gasteiger partial charge in [-0.15, -0.1) is 0 Å². The Labute approximate surface area is 122 Å². The lowest BCUT2D eigenvalue weighted by atomic mass is 10.3. The van der Waals surface area contributed by atoms with Gasteiger partial charge in [0.15, 0.2) is 0 Å². The second-order valence-electron chi connectivity index (χ2n) is 4.86. The van der Waals surface area contributed by atoms with Crippen LogP contribution in [0.5, 0.6) is 0 Å². The summed E-state index contributed by atoms with van der Waals surface area (Å²) in [6.45, 7) is 3.61. The predicted octanol–water partition coefficient (Wildman–Crippen LogP) is 2.12. The molecule has 2 aromatic rings. The van der Waals surface area contributed by atoms with Gasteiger partial charge in [0.25, 0.3) is 0 Å². The Bertz CT molecular complexity index is 553. The molecule has 0 amide bonds. The van der Waals surface area contributed by atoms with Crippen molar-refractivity contribution in [1.29, 1.82) is 0 Å². The SMILES string of the molecule is CC(CCNCc1ccn(-c2ccccc2)n1)S(C)=O. The number of hydrogen-bond donors (Lipinski definition) is 1. The van der Waals surface area contributed by atoms with Crippen molar-refractivity contribution >= 4 is 10.8 Å². The van der Waals surface area contributed by atoms with Gasteiger partial charge in [0.05, 0.1) is 11.4 Å². The number of hydrogen-bond acceptors (Lipinski definition) is 3. The Morgan fingerprint density at radius 3 is 2.75 bits per heavy atom. The first-order valence-corrected chi connectivity index (χ1v) is 8.42. The molecule has 0 saturated heterocycles. The van der Waals surface area contributed by atoms with Gasteiger partial charge >= 0.3 is 0 Å². The van der Waals surface area contributed by atoms with Crippen molar-refractivity contribution < 1.29 is 4.21 Å². The quantitative estimate of drug-likeness (QED) is 0.795. The molecule has 0 bridgehead atoms. The van der Waals surface area contributed by atoms with E-state index in [0.717, 1.165) is 30.9 Å². The lowest BCUT2D eigenvalue weighted by Crippen LogP contribution is -2.21. The van der Waals surface area contributed by atoms with E-state index in [1.54, 1.807) is 6.26 Å². The highest BCUT2D eigenvalue weighted by atomic mass is 32.2. The van der Waals surface area contributed by atoms with Gasteiger partial charge in [0.1, 0.15) is 0 Å². The summed E-state index contributed by atoms with van der Waals surface area (Å²) >= 11 is 0. The first-order chi connectivity index (χ1) is 9.66. The molecule has 2 atom stereocenters. The van der Waals surface area contributed by atoms with Crippen LogP contribution in [0.1, 0.15) is 19.0 Å². The van der Waals surface area contributed by atoms with E-state index in [-0.39, 0.29) is 5.25 Å². The molecule has 1 aromatic carbocycles. The van der Waals surface area contributed by atoms with E-state index >= 15 is 0 Å². The summed E-state index contributed by atoms with van der Waals surface area (Å²) in [5.74, 6) is 0. The molecule has 20 heavy (non-hydrogen) atoms. The zero-order valence-electron chi connectivity index (χ0n) is 12.0. The molecule has 0 aliphatic carbocycles. The summed E-state index contributed by atoms with van der Waals surface area (Å²) in [6.07, 6.45) is 4.64. The van der Waals surface area contributed by atoms with Crippen LogP contribution in [0.25, 0.3) is 5.69 Å². The van der Waals surface area contributed by atoms with Crippen molar-refractivity contribution in [2.24, 2.45) is 0 Å². The Kier molecular flexibility index (Phi) is 5.49. The van der Waals surface area contributed by atoms with Gasteiger partial charge in [0.2, 0.25) is 0 Å². The van der Waals surface area contributed by atoms with Gasteiger partial charge in [-0.1, -0.05) is 25.1 Å². The minimum atomic E-state index is -0.739. The molecule has 108 valence electrons. The average Bonchev–Trinajstić information content (AvgIpc) is 2.93. The number of aromatic nitrogens is 2. The molecule has 2 unspecified atom stereocenters. The van der Waals surface area contributed by atoms with Crippen LogP contribution in [0.3, 0.4) is 0 Å². The van der Waals surface area contributed by atoms with Crippen LogP contribution in [0, 0.1) is 0 Å². The van der Waals surface area contributed by atoms with Crippen molar-refractivity contribution in [3.63, 3.8) is 0 Å². The van der Waals surface area contributed by atoms with Gasteiger partial charge in [-0.05, 0) is 31.2 Å². The van der Waals surface area contributed by atoms with Gasteiger partial charge in [-0.25, -0.2) is 4.68 Å². The normalized spacial score (nSPS) is 14.1. The fourth-order valence-corrected chi connectivity index (χ4v) is 2.32. The van der Waals surface area contributed by atoms with E-state index < -0.39 is 10.8 Å². The van der Waals surface area contributed by atoms with Crippen molar-refractivity contribution in [3.8, 4) is 5.69 Å². The third-order valence-electron chi connectivity index (χ3n) is 3.27. The molecule has 1 N–H and O–H groups in total. The van der Waals surface area contributed by atoms with Gasteiger partial charge in [0, 0.05) is 35.0 Å². The van der Waals surface area contributed by atoms with Gasteiger partial charge in [-0.2, -0.15) is 5.10 Å². The third-order valence-corrected chi connectivity index (χ3v) is 4.63. The van der Waals surface area contributed by atoms with E-state index in [0.29, 0.717) is 0 Å². The fourth-order valence-electron chi connectivity index (χ4n) is 1.87. The Morgan fingerprint density at radius 2 is 2.05 bits per heavy atom. The zero-order valence-corrected chi connectivity index (χ0v) is 12.8. The van der Waals surface area contributed by atoms with Crippen LogP contribution in [0.2, 0.25) is 0 Å². The summed E-state index contributed by atoms with van der Waals surface area (Å²) < 4.78 is 13.1. The summed E-state index contributed by atoms with van der Waals surface area (Å²) in [5, 5.41) is 8.11. The number of nitrogens with zero attached hydrogens (tertiary/aromatic N) is 2. The average molecular weight is 291 g/mol. The van der Waals surface area contributed by atoms with Gasteiger partial charge < -0.3 is 5.32 Å². The van der Waals surface area contributed by atoms with Crippen LogP contribution in [-0.2, 0) is 17.3 Å². The number of rotatable bonds is 7. The molecular formula is C15H21N3OS. The van der Waals surface area contributed by atoms with Crippen molar-refractivity contribution in [3.05, 3.63) is 48.3 Å². The van der Waals surface area contributed by atoms with Crippen molar-refractivity contribution in [2.45, 2.75) is 25.1 Å². The third kappa shape index (κ3) is 4.28. The summed E-state index contributed by atoms with van der Waals surface area (Å²) in [5.41, 5.74) is 2.08. The van der Waals surface area contributed by atoms with E-state index in [1.165, 1.54) is 0 Å². The molecule has 5 heteroatoms. The van der Waals surface area contributed by atoms with Crippen LogP contribution in [0.15, 0.2) is 42.6 Å². The van der Waals surface area contributed by atoms with E-state index in [9.17, 15) is 4.21 Å². The zero-order chi connectivity index (χ0) is 14.4. The topological polar surface area (TPSA) is 46.9 Å². The Balaban J connectivity index is 1.81. The van der Waals surface area contributed by atoms with Crippen LogP contribution >= 0.6 is 0 Å². The summed E-state index contributed by atoms with van der Waals surface area (Å²) in [7, 11) is -0.739. The minimum Gasteiger partial charge on any atom is -0.311 e. The molecule has 1 heterocycles. The smallest absolute Gasteiger partial charge is 0.0766 e. The molecule has 0 radical (unpaired) electrons. The highest BCUT2D eigenvalue weighted by Crippen LogP contribution is 2.06. The number of para-hydroxylation sites is 1. The maximum Gasteiger partial charge on any atom is 0.0766 e. The first kappa shape index (κ1) is 14.9. The van der Waals surface area contributed by atoms with Crippen molar-refractivity contribution in [1.82, 2.24) is 15.1 Å². The van der Waals surface area contributed by atoms with E-state index in [1.807, 2.05) is 54.2 Å². The number of benzene rings is 1. The highest BCUT2D eigenvalue weighted by molar-refractivity contribution is 7.84. The second-order valence-corrected chi connectivity index (χ2v) is 6.66. The molecule has 2 rings (SSSR count). The molecule has 1 aromatic heterocycles. The van der Waals surface area contributed by atoms with Crippen molar-refractivity contribution in [2.75, 3.05) is 12.8 Å². The largest absolute Gasteiger partial charge is 0.311 e. The Hall–Kier alpha value is -1.46. The van der Waals surface area contributed by atoms with E-state index in [4.69, 9.17) is 0 Å². The monoisotopic (exact) mass is 291 g/mol. The molecule has 0 fully saturated rings. The van der Waals surface area contributed by atoms with Crippen LogP contribution < -0.4 is 5.32 Å². The van der Waals surface area contributed by atoms with E-state index in [2.05, 4.69) is 10.4 Å². The predicted molar refractivity (Wildman–Crippen MR) is 83.4 cm³/mol. The van der Waals surface area contributed by atoms with Gasteiger partial charge in [-0.3, -0.25) is 4.21 Å². The molecule has 0 aliphatic heterocycles. The summed E-state index contributed by atoms with van der Waals surface area (Å²) in [6, 6.07) is 12.1. The Morgan fingerprint density at radius 1 is 1.30 bits per heavy atom. The molecule has 0 aliphatic rings. The minimum absolute atomic E-state index is 0.240. The molecular weight excluding hydrogens is 270 g/mol. The maximum atomic E-state index is 11.2. The van der Waals surface area contributed by atoms with Crippen LogP contribution in [0.4, 0.5) is 0 Å². The lowest BCUT2D eigenvalue weighted by molar-refractivity contribution is 0.620. The maximum absolute atomic E-state index is 11.2. The second kappa shape index (κ2) is 7.36. The highest BCUT2D eigenvalue weighted by Gasteiger charge is 2.05. The first-order valence-electron chi connectivity index (χ1n) is 6.79. The standard InChI is InChI=1S/C15H21N3OS/c1-13(20(2)19)8-10-16-12-14-9-11-18(17-14)15-6-4-3-5-7-15/h3-7,9,11,13,16H,8,10,12H2,1-2H3. The summed E-state index contributed by atoms with van der Waals surface area (Å²) in [4.78, 5) is 0. The molecule has 4 nitrogen and oxygen atoms in total. The lowest BCUT2D eigenvalue weighted by Gasteiger charge is -2.08.